The fourth-order valence-electron chi connectivity index (χ4n) is 2.74. The minimum absolute atomic E-state index is 0.00766. The number of carbonyl (C=O) groups is 3. The summed E-state index contributed by atoms with van der Waals surface area (Å²) in [5.41, 5.74) is -0.532. The Hall–Kier alpha value is -1.61. The average Bonchev–Trinajstić information content (AvgIpc) is 2.99. The third kappa shape index (κ3) is 6.80. The molecule has 1 aromatic rings. The zero-order valence-electron chi connectivity index (χ0n) is 16.1. The molecule has 2 rings (SSSR count). The van der Waals surface area contributed by atoms with Gasteiger partial charge in [-0.25, -0.2) is 4.79 Å². The van der Waals surface area contributed by atoms with Crippen LogP contribution in [0.4, 0.5) is 4.79 Å². The lowest BCUT2D eigenvalue weighted by Gasteiger charge is -2.33. The highest BCUT2D eigenvalue weighted by Crippen LogP contribution is 2.23. The van der Waals surface area contributed by atoms with Crippen molar-refractivity contribution in [1.82, 2.24) is 15.1 Å². The van der Waals surface area contributed by atoms with E-state index in [1.165, 1.54) is 16.2 Å². The quantitative estimate of drug-likeness (QED) is 0.749. The number of carbonyl (C=O) groups excluding carboxylic acids is 3. The second-order valence-electron chi connectivity index (χ2n) is 7.57. The Kier molecular flexibility index (Phi) is 7.27. The van der Waals surface area contributed by atoms with Crippen molar-refractivity contribution in [2.45, 2.75) is 45.3 Å². The fraction of sp³-hybridized carbons (Fsp3) is 0.611. The Bertz CT molecular complexity index is 693. The first kappa shape index (κ1) is 21.7. The maximum Gasteiger partial charge on any atom is 0.407 e. The van der Waals surface area contributed by atoms with Crippen LogP contribution in [0.3, 0.4) is 0 Å². The minimum atomic E-state index is -0.532. The van der Waals surface area contributed by atoms with Gasteiger partial charge in [0.15, 0.2) is 0 Å². The minimum Gasteiger partial charge on any atom is -0.444 e. The standard InChI is InChI=1S/C18H26BrN3O4S/c1-18(2,3)26-17(25)20-12-7-9-22(10-8-12)15(23)11-21(4)16(24)13-5-6-14(19)27-13/h5-6,12H,7-11H2,1-4H3,(H,20,25). The second-order valence-corrected chi connectivity index (χ2v) is 10.0. The van der Waals surface area contributed by atoms with Gasteiger partial charge >= 0.3 is 6.09 Å². The molecule has 0 unspecified atom stereocenters. The smallest absolute Gasteiger partial charge is 0.407 e. The first-order chi connectivity index (χ1) is 12.5. The van der Waals surface area contributed by atoms with Crippen LogP contribution in [-0.2, 0) is 9.53 Å². The van der Waals surface area contributed by atoms with Gasteiger partial charge < -0.3 is 19.9 Å². The van der Waals surface area contributed by atoms with E-state index >= 15 is 0 Å². The van der Waals surface area contributed by atoms with E-state index in [1.807, 2.05) is 26.8 Å². The summed E-state index contributed by atoms with van der Waals surface area (Å²) in [6, 6.07) is 3.55. The zero-order valence-corrected chi connectivity index (χ0v) is 18.5. The number of thiophene rings is 1. The molecule has 150 valence electrons. The second kappa shape index (κ2) is 9.05. The number of piperidine rings is 1. The van der Waals surface area contributed by atoms with Gasteiger partial charge in [0.25, 0.3) is 5.91 Å². The third-order valence-corrected chi connectivity index (χ3v) is 5.68. The summed E-state index contributed by atoms with van der Waals surface area (Å²) in [5, 5.41) is 2.85. The van der Waals surface area contributed by atoms with Gasteiger partial charge in [-0.1, -0.05) is 0 Å². The lowest BCUT2D eigenvalue weighted by atomic mass is 10.1. The Labute approximate surface area is 172 Å². The predicted molar refractivity (Wildman–Crippen MR) is 108 cm³/mol. The number of alkyl carbamates (subject to hydrolysis) is 1. The Balaban J connectivity index is 1.77. The van der Waals surface area contributed by atoms with Crippen molar-refractivity contribution in [3.8, 4) is 0 Å². The number of likely N-dealkylation sites (N-methyl/N-ethyl adjacent to an activating group) is 1. The molecule has 9 heteroatoms. The van der Waals surface area contributed by atoms with Gasteiger partial charge in [0.05, 0.1) is 15.2 Å². The van der Waals surface area contributed by atoms with Crippen molar-refractivity contribution in [3.05, 3.63) is 20.8 Å². The summed E-state index contributed by atoms with van der Waals surface area (Å²) in [6.45, 7) is 6.60. The molecule has 2 heterocycles. The van der Waals surface area contributed by atoms with E-state index in [0.717, 1.165) is 3.79 Å². The Morgan fingerprint density at radius 3 is 2.44 bits per heavy atom. The molecule has 0 bridgehead atoms. The molecule has 1 aromatic heterocycles. The number of hydrogen-bond acceptors (Lipinski definition) is 5. The van der Waals surface area contributed by atoms with Crippen LogP contribution in [0.2, 0.25) is 0 Å². The van der Waals surface area contributed by atoms with Gasteiger partial charge in [-0.2, -0.15) is 0 Å². The molecule has 7 nitrogen and oxygen atoms in total. The van der Waals surface area contributed by atoms with E-state index in [4.69, 9.17) is 4.74 Å². The zero-order chi connectivity index (χ0) is 20.2. The lowest BCUT2D eigenvalue weighted by Crippen LogP contribution is -2.49. The molecule has 3 amide bonds. The molecule has 27 heavy (non-hydrogen) atoms. The van der Waals surface area contributed by atoms with Crippen LogP contribution in [0, 0.1) is 0 Å². The highest BCUT2D eigenvalue weighted by atomic mass is 79.9. The van der Waals surface area contributed by atoms with E-state index in [1.54, 1.807) is 18.0 Å². The molecule has 0 radical (unpaired) electrons. The third-order valence-electron chi connectivity index (χ3n) is 4.07. The van der Waals surface area contributed by atoms with E-state index in [0.29, 0.717) is 30.8 Å². The van der Waals surface area contributed by atoms with Crippen LogP contribution in [0.25, 0.3) is 0 Å². The molecule has 1 N–H and O–H groups in total. The summed E-state index contributed by atoms with van der Waals surface area (Å²) >= 11 is 4.68. The van der Waals surface area contributed by atoms with Crippen molar-refractivity contribution in [3.63, 3.8) is 0 Å². The average molecular weight is 460 g/mol. The monoisotopic (exact) mass is 459 g/mol. The van der Waals surface area contributed by atoms with Crippen molar-refractivity contribution in [1.29, 1.82) is 0 Å². The maximum absolute atomic E-state index is 12.5. The highest BCUT2D eigenvalue weighted by Gasteiger charge is 2.27. The molecule has 0 atom stereocenters. The highest BCUT2D eigenvalue weighted by molar-refractivity contribution is 9.11. The molecular weight excluding hydrogens is 434 g/mol. The molecule has 0 spiro atoms. The van der Waals surface area contributed by atoms with Crippen LogP contribution < -0.4 is 5.32 Å². The van der Waals surface area contributed by atoms with E-state index < -0.39 is 11.7 Å². The molecular formula is C18H26BrN3O4S. The summed E-state index contributed by atoms with van der Waals surface area (Å²) in [7, 11) is 1.63. The summed E-state index contributed by atoms with van der Waals surface area (Å²) in [6.07, 6.45) is 0.904. The number of nitrogens with one attached hydrogen (secondary N) is 1. The van der Waals surface area contributed by atoms with Gasteiger partial charge in [-0.3, -0.25) is 9.59 Å². The largest absolute Gasteiger partial charge is 0.444 e. The Morgan fingerprint density at radius 1 is 1.30 bits per heavy atom. The molecule has 1 fully saturated rings. The van der Waals surface area contributed by atoms with Crippen molar-refractivity contribution in [2.75, 3.05) is 26.7 Å². The number of ether oxygens (including phenoxy) is 1. The summed E-state index contributed by atoms with van der Waals surface area (Å²) in [5.74, 6) is -0.252. The van der Waals surface area contributed by atoms with Crippen LogP contribution in [0.15, 0.2) is 15.9 Å². The summed E-state index contributed by atoms with van der Waals surface area (Å²) in [4.78, 5) is 40.4. The fourth-order valence-corrected chi connectivity index (χ4v) is 4.12. The van der Waals surface area contributed by atoms with Gasteiger partial charge in [-0.15, -0.1) is 11.3 Å². The van der Waals surface area contributed by atoms with E-state index in [9.17, 15) is 14.4 Å². The first-order valence-corrected chi connectivity index (χ1v) is 10.4. The van der Waals surface area contributed by atoms with Crippen LogP contribution in [0.5, 0.6) is 0 Å². The molecule has 1 saturated heterocycles. The van der Waals surface area contributed by atoms with E-state index in [2.05, 4.69) is 21.2 Å². The van der Waals surface area contributed by atoms with Crippen molar-refractivity contribution >= 4 is 45.2 Å². The van der Waals surface area contributed by atoms with Crippen molar-refractivity contribution in [2.24, 2.45) is 0 Å². The van der Waals surface area contributed by atoms with Crippen LogP contribution in [0.1, 0.15) is 43.3 Å². The first-order valence-electron chi connectivity index (χ1n) is 8.83. The molecule has 0 saturated carbocycles. The van der Waals surface area contributed by atoms with Gasteiger partial charge in [-0.05, 0) is 61.7 Å². The molecule has 1 aliphatic heterocycles. The van der Waals surface area contributed by atoms with Crippen LogP contribution in [-0.4, -0.2) is 66.0 Å². The number of halogens is 1. The predicted octanol–water partition coefficient (Wildman–Crippen LogP) is 3.10. The van der Waals surface area contributed by atoms with Gasteiger partial charge in [0.1, 0.15) is 5.60 Å². The van der Waals surface area contributed by atoms with Gasteiger partial charge in [0, 0.05) is 26.2 Å². The molecule has 1 aliphatic rings. The lowest BCUT2D eigenvalue weighted by molar-refractivity contribution is -0.132. The number of rotatable bonds is 4. The number of hydrogen-bond donors (Lipinski definition) is 1. The summed E-state index contributed by atoms with van der Waals surface area (Å²) < 4.78 is 6.14. The van der Waals surface area contributed by atoms with E-state index in [-0.39, 0.29) is 24.4 Å². The molecule has 0 aromatic carbocycles. The number of nitrogens with zero attached hydrogens (tertiary/aromatic N) is 2. The SMILES string of the molecule is CN(CC(=O)N1CCC(NC(=O)OC(C)(C)C)CC1)C(=O)c1ccc(Br)s1. The Morgan fingerprint density at radius 2 is 1.93 bits per heavy atom. The van der Waals surface area contributed by atoms with Crippen LogP contribution >= 0.6 is 27.3 Å². The van der Waals surface area contributed by atoms with Gasteiger partial charge in [0.2, 0.25) is 5.91 Å². The van der Waals surface area contributed by atoms with Crippen molar-refractivity contribution < 1.29 is 19.1 Å². The number of likely N-dealkylation sites (tertiary alicyclic amines) is 1. The normalized spacial score (nSPS) is 15.4. The topological polar surface area (TPSA) is 79.0 Å². The number of amides is 3. The maximum atomic E-state index is 12.5. The molecule has 0 aliphatic carbocycles.